The van der Waals surface area contributed by atoms with Gasteiger partial charge in [-0.05, 0) is 32.8 Å². The number of aromatic nitrogens is 1. The minimum absolute atomic E-state index is 0.0100. The maximum Gasteiger partial charge on any atom is 0.511 e. The molecule has 0 saturated carbocycles. The summed E-state index contributed by atoms with van der Waals surface area (Å²) in [5.41, 5.74) is -1.66. The van der Waals surface area contributed by atoms with Crippen LogP contribution in [0.25, 0.3) is 0 Å². The van der Waals surface area contributed by atoms with Crippen molar-refractivity contribution >= 4 is 23.7 Å². The number of ether oxygens (including phenoxy) is 4. The zero-order valence-corrected chi connectivity index (χ0v) is 24.4. The number of methoxy groups -OCH3 is 1. The number of amides is 2. The van der Waals surface area contributed by atoms with Crippen molar-refractivity contribution in [1.82, 2.24) is 14.8 Å². The van der Waals surface area contributed by atoms with E-state index < -0.39 is 64.8 Å². The quantitative estimate of drug-likeness (QED) is 0.255. The summed E-state index contributed by atoms with van der Waals surface area (Å²) in [5.74, 6) is -3.59. The second-order valence-electron chi connectivity index (χ2n) is 10.9. The van der Waals surface area contributed by atoms with Gasteiger partial charge in [0.25, 0.3) is 11.8 Å². The van der Waals surface area contributed by atoms with E-state index in [-0.39, 0.29) is 43.6 Å². The molecule has 1 N–H and O–H groups in total. The van der Waals surface area contributed by atoms with Crippen molar-refractivity contribution in [2.45, 2.75) is 57.3 Å². The lowest BCUT2D eigenvalue weighted by atomic mass is 9.84. The highest BCUT2D eigenvalue weighted by Gasteiger charge is 2.54. The van der Waals surface area contributed by atoms with E-state index in [4.69, 9.17) is 23.8 Å². The van der Waals surface area contributed by atoms with Gasteiger partial charge in [-0.3, -0.25) is 14.4 Å². The fraction of sp³-hybridized carbons (Fsp3) is 0.483. The minimum atomic E-state index is -1.10. The standard InChI is InChI=1S/C29H32F2N4O9/c1-16-11-29(44-33-16)7-6-17(2)34-14-22(29)35-13-20(26(37)32-12-18-4-5-19(30)10-21(18)31)24(36)25(23(35)27(34)38)42-15-43-28(39)41-9-8-40-3/h4-5,10,13,17,22H,6-9,11-12,14-15H2,1-3H3,(H,32,37)/t17-,22+,29-/m0/s1. The zero-order chi connectivity index (χ0) is 31.6. The van der Waals surface area contributed by atoms with Crippen LogP contribution < -0.4 is 15.5 Å². The molecule has 3 aliphatic rings. The van der Waals surface area contributed by atoms with E-state index in [1.54, 1.807) is 4.90 Å². The van der Waals surface area contributed by atoms with Gasteiger partial charge >= 0.3 is 6.16 Å². The van der Waals surface area contributed by atoms with Crippen molar-refractivity contribution in [3.05, 3.63) is 63.1 Å². The molecule has 2 aromatic rings. The molecule has 2 amide bonds. The molecule has 3 aliphatic heterocycles. The maximum absolute atomic E-state index is 14.2. The fourth-order valence-electron chi connectivity index (χ4n) is 5.73. The summed E-state index contributed by atoms with van der Waals surface area (Å²) in [4.78, 5) is 60.6. The van der Waals surface area contributed by atoms with E-state index in [0.29, 0.717) is 25.3 Å². The van der Waals surface area contributed by atoms with Crippen LogP contribution in [0.4, 0.5) is 13.6 Å². The SMILES string of the molecule is COCCOC(=O)OCOc1c2n(cc(C(=O)NCc3ccc(F)cc3F)c1=O)[C@@H]1CN(C2=O)[C@@H](C)CC[C@]12CC(C)=NO2. The molecule has 0 aliphatic carbocycles. The highest BCUT2D eigenvalue weighted by molar-refractivity contribution is 5.99. The summed E-state index contributed by atoms with van der Waals surface area (Å²) in [7, 11) is 1.42. The molecule has 1 spiro atoms. The highest BCUT2D eigenvalue weighted by atomic mass is 19.1. The van der Waals surface area contributed by atoms with Crippen molar-refractivity contribution in [3.8, 4) is 5.75 Å². The Morgan fingerprint density at radius 2 is 2.00 bits per heavy atom. The lowest BCUT2D eigenvalue weighted by Gasteiger charge is -2.42. The van der Waals surface area contributed by atoms with Crippen molar-refractivity contribution < 1.29 is 46.9 Å². The highest BCUT2D eigenvalue weighted by Crippen LogP contribution is 2.46. The third-order valence-electron chi connectivity index (χ3n) is 8.01. The van der Waals surface area contributed by atoms with Gasteiger partial charge in [0.15, 0.2) is 11.3 Å². The van der Waals surface area contributed by atoms with Crippen LogP contribution in [-0.4, -0.2) is 78.5 Å². The van der Waals surface area contributed by atoms with Crippen molar-refractivity contribution in [3.63, 3.8) is 0 Å². The molecule has 13 nitrogen and oxygen atoms in total. The molecule has 1 aromatic heterocycles. The normalized spacial score (nSPS) is 22.1. The third-order valence-corrected chi connectivity index (χ3v) is 8.01. The van der Waals surface area contributed by atoms with Gasteiger partial charge in [0.1, 0.15) is 23.8 Å². The number of benzene rings is 1. The minimum Gasteiger partial charge on any atom is -0.451 e. The van der Waals surface area contributed by atoms with Gasteiger partial charge in [-0.2, -0.15) is 0 Å². The monoisotopic (exact) mass is 618 g/mol. The van der Waals surface area contributed by atoms with Gasteiger partial charge in [-0.15, -0.1) is 0 Å². The van der Waals surface area contributed by atoms with Crippen molar-refractivity contribution in [1.29, 1.82) is 0 Å². The Balaban J connectivity index is 1.53. The third kappa shape index (κ3) is 5.96. The predicted molar refractivity (Wildman–Crippen MR) is 148 cm³/mol. The molecule has 4 heterocycles. The van der Waals surface area contributed by atoms with Gasteiger partial charge in [0.2, 0.25) is 18.0 Å². The van der Waals surface area contributed by atoms with E-state index >= 15 is 0 Å². The second kappa shape index (κ2) is 12.6. The molecule has 3 atom stereocenters. The van der Waals surface area contributed by atoms with Crippen LogP contribution in [0.2, 0.25) is 0 Å². The van der Waals surface area contributed by atoms with Crippen LogP contribution in [-0.2, 0) is 25.6 Å². The van der Waals surface area contributed by atoms with Crippen LogP contribution in [0.15, 0.2) is 34.3 Å². The summed E-state index contributed by atoms with van der Waals surface area (Å²) in [6.07, 6.45) is 1.74. The number of hydrogen-bond donors (Lipinski definition) is 1. The number of carbonyl (C=O) groups is 3. The van der Waals surface area contributed by atoms with Gasteiger partial charge in [0.05, 0.1) is 18.4 Å². The Morgan fingerprint density at radius 3 is 2.70 bits per heavy atom. The lowest BCUT2D eigenvalue weighted by molar-refractivity contribution is -0.0658. The molecule has 1 fully saturated rings. The Morgan fingerprint density at radius 1 is 1.20 bits per heavy atom. The van der Waals surface area contributed by atoms with Crippen LogP contribution in [0.3, 0.4) is 0 Å². The number of rotatable bonds is 9. The Labute approximate surface area is 250 Å². The summed E-state index contributed by atoms with van der Waals surface area (Å²) in [6, 6.07) is 2.10. The molecule has 2 bridgehead atoms. The summed E-state index contributed by atoms with van der Waals surface area (Å²) in [5, 5.41) is 6.65. The number of oxime groups is 1. The fourth-order valence-corrected chi connectivity index (χ4v) is 5.73. The smallest absolute Gasteiger partial charge is 0.451 e. The van der Waals surface area contributed by atoms with E-state index in [9.17, 15) is 28.0 Å². The molecule has 1 aromatic carbocycles. The van der Waals surface area contributed by atoms with E-state index in [1.165, 1.54) is 23.9 Å². The zero-order valence-electron chi connectivity index (χ0n) is 24.4. The average molecular weight is 619 g/mol. The van der Waals surface area contributed by atoms with Crippen LogP contribution in [0.1, 0.15) is 65.6 Å². The molecule has 5 rings (SSSR count). The number of nitrogens with one attached hydrogen (secondary N) is 1. The van der Waals surface area contributed by atoms with Crippen LogP contribution >= 0.6 is 0 Å². The first-order chi connectivity index (χ1) is 21.0. The largest absolute Gasteiger partial charge is 0.511 e. The number of halogens is 2. The summed E-state index contributed by atoms with van der Waals surface area (Å²) in [6.45, 7) is 2.80. The molecule has 44 heavy (non-hydrogen) atoms. The Bertz CT molecular complexity index is 1560. The van der Waals surface area contributed by atoms with Crippen molar-refractivity contribution in [2.75, 3.05) is 33.7 Å². The van der Waals surface area contributed by atoms with Crippen LogP contribution in [0, 0.1) is 11.6 Å². The predicted octanol–water partition coefficient (Wildman–Crippen LogP) is 2.91. The van der Waals surface area contributed by atoms with E-state index in [0.717, 1.165) is 11.8 Å². The number of fused-ring (bicyclic) bond motifs is 5. The number of hydrogen-bond acceptors (Lipinski definition) is 10. The maximum atomic E-state index is 14.2. The number of pyridine rings is 1. The van der Waals surface area contributed by atoms with E-state index in [1.807, 2.05) is 13.8 Å². The van der Waals surface area contributed by atoms with E-state index in [2.05, 4.69) is 10.5 Å². The molecule has 15 heteroatoms. The molecule has 236 valence electrons. The topological polar surface area (TPSA) is 147 Å². The summed E-state index contributed by atoms with van der Waals surface area (Å²) < 4.78 is 49.2. The number of nitrogens with zero attached hydrogens (tertiary/aromatic N) is 3. The molecule has 0 radical (unpaired) electrons. The average Bonchev–Trinajstić information content (AvgIpc) is 3.32. The van der Waals surface area contributed by atoms with Gasteiger partial charge in [0, 0.05) is 50.5 Å². The number of carbonyl (C=O) groups excluding carboxylic acids is 3. The van der Waals surface area contributed by atoms with Crippen LogP contribution in [0.5, 0.6) is 5.75 Å². The first-order valence-electron chi connectivity index (χ1n) is 14.0. The Hall–Kier alpha value is -4.53. The summed E-state index contributed by atoms with van der Waals surface area (Å²) >= 11 is 0. The first-order valence-corrected chi connectivity index (χ1v) is 14.0. The van der Waals surface area contributed by atoms with Gasteiger partial charge in [-0.25, -0.2) is 13.6 Å². The molecule has 0 unspecified atom stereocenters. The van der Waals surface area contributed by atoms with Gasteiger partial charge in [-0.1, -0.05) is 11.2 Å². The second-order valence-corrected chi connectivity index (χ2v) is 10.9. The molecule has 1 saturated heterocycles. The Kier molecular flexibility index (Phi) is 8.85. The van der Waals surface area contributed by atoms with Crippen molar-refractivity contribution in [2.24, 2.45) is 5.16 Å². The van der Waals surface area contributed by atoms with Gasteiger partial charge < -0.3 is 38.6 Å². The molecular formula is C29H32F2N4O9. The lowest BCUT2D eigenvalue weighted by Crippen LogP contribution is -2.52. The first kappa shape index (κ1) is 30.9. The molecular weight excluding hydrogens is 586 g/mol.